The van der Waals surface area contributed by atoms with Crippen LogP contribution in [0.5, 0.6) is 11.5 Å². The number of ether oxygens (including phenoxy) is 1. The lowest BCUT2D eigenvalue weighted by Crippen LogP contribution is -2.25. The van der Waals surface area contributed by atoms with Crippen molar-refractivity contribution in [3.63, 3.8) is 0 Å². The van der Waals surface area contributed by atoms with Gasteiger partial charge in [0.05, 0.1) is 22.2 Å². The second-order valence-corrected chi connectivity index (χ2v) is 15.3. The summed E-state index contributed by atoms with van der Waals surface area (Å²) in [4.78, 5) is 9.47. The number of pyridine rings is 1. The Bertz CT molecular complexity index is 3880. The molecule has 0 N–H and O–H groups in total. The number of aromatic nitrogens is 3. The molecule has 0 saturated carbocycles. The summed E-state index contributed by atoms with van der Waals surface area (Å²) < 4.78 is 124. The highest BCUT2D eigenvalue weighted by molar-refractivity contribution is 6.03. The van der Waals surface area contributed by atoms with E-state index in [0.29, 0.717) is 33.2 Å². The molecule has 1 aliphatic heterocycles. The average molecular weight is 774 g/mol. The predicted molar refractivity (Wildman–Crippen MR) is 239 cm³/mol. The van der Waals surface area contributed by atoms with E-state index in [9.17, 15) is 8.22 Å². The zero-order valence-corrected chi connectivity index (χ0v) is 31.5. The van der Waals surface area contributed by atoms with E-state index in [-0.39, 0.29) is 50.7 Å². The first-order valence-corrected chi connectivity index (χ1v) is 19.3. The zero-order chi connectivity index (χ0) is 49.7. The van der Waals surface area contributed by atoms with Crippen molar-refractivity contribution in [2.45, 2.75) is 39.7 Å². The van der Waals surface area contributed by atoms with Crippen molar-refractivity contribution in [3.8, 4) is 78.4 Å². The molecule has 2 aliphatic rings. The van der Waals surface area contributed by atoms with Gasteiger partial charge in [0.15, 0.2) is 5.58 Å². The maximum Gasteiger partial charge on any atom is 0.307 e. The minimum atomic E-state index is -3.35. The molecule has 0 atom stereocenters. The quantitative estimate of drug-likeness (QED) is 0.176. The average Bonchev–Trinajstić information content (AvgIpc) is 3.87. The van der Waals surface area contributed by atoms with Crippen molar-refractivity contribution in [2.24, 2.45) is 0 Å². The first-order chi connectivity index (χ1) is 33.7. The molecule has 0 unspecified atom stereocenters. The molecule has 10 aromatic rings. The normalized spacial score (nSPS) is 17.3. The monoisotopic (exact) mass is 773 g/mol. The number of rotatable bonds is 2. The number of hydrogen-bond donors (Lipinski definition) is 0. The molecular formula is C54H39N3O2. The molecule has 0 radical (unpaired) electrons. The lowest BCUT2D eigenvalue weighted by atomic mass is 9.73. The van der Waals surface area contributed by atoms with Gasteiger partial charge >= 0.3 is 5.84 Å². The van der Waals surface area contributed by atoms with Gasteiger partial charge in [-0.15, -0.1) is 0 Å². The van der Waals surface area contributed by atoms with Gasteiger partial charge in [0.25, 0.3) is 0 Å². The molecule has 0 spiro atoms. The number of para-hydroxylation sites is 2. The summed E-state index contributed by atoms with van der Waals surface area (Å²) in [5.41, 5.74) is 5.82. The van der Waals surface area contributed by atoms with Crippen molar-refractivity contribution < 1.29 is 25.6 Å². The number of hydrogen-bond acceptors (Lipinski definition) is 4. The van der Waals surface area contributed by atoms with Crippen LogP contribution in [0, 0.1) is 20.6 Å². The molecule has 0 fully saturated rings. The van der Waals surface area contributed by atoms with Crippen LogP contribution in [0.25, 0.3) is 94.9 Å². The third-order valence-corrected chi connectivity index (χ3v) is 12.0. The van der Waals surface area contributed by atoms with Gasteiger partial charge in [0.2, 0.25) is 0 Å². The molecule has 3 aromatic heterocycles. The SMILES string of the molecule is [2H]C([2H])([2H])c1cc2c(cc1-c1c(C([2H])([2H])[2H])ccc3c1oc1nc4ccccc4n13)C(C([2H])([2H])[2H])(C([2H])([2H])[2H])c1ccc(C)c(-c3ccc4c(c3)-c3ccccc3-c3ncccc3-c3ccccc3-4)c1O2. The number of nitrogens with zero attached hydrogens (tertiary/aromatic N) is 3. The van der Waals surface area contributed by atoms with Crippen molar-refractivity contribution in [2.75, 3.05) is 0 Å². The summed E-state index contributed by atoms with van der Waals surface area (Å²) in [5, 5.41) is 0. The Morgan fingerprint density at radius 3 is 2.14 bits per heavy atom. The fourth-order valence-electron chi connectivity index (χ4n) is 9.25. The van der Waals surface area contributed by atoms with Gasteiger partial charge in [-0.05, 0) is 119 Å². The molecule has 0 bridgehead atoms. The van der Waals surface area contributed by atoms with E-state index >= 15 is 0 Å². The van der Waals surface area contributed by atoms with Crippen LogP contribution in [0.15, 0.2) is 150 Å². The Hall–Kier alpha value is -7.24. The maximum absolute atomic E-state index is 9.33. The topological polar surface area (TPSA) is 52.6 Å². The highest BCUT2D eigenvalue weighted by Gasteiger charge is 2.37. The van der Waals surface area contributed by atoms with Crippen LogP contribution < -0.4 is 4.74 Å². The summed E-state index contributed by atoms with van der Waals surface area (Å²) in [6.45, 7) is -10.7. The third kappa shape index (κ3) is 4.73. The highest BCUT2D eigenvalue weighted by Crippen LogP contribution is 2.55. The predicted octanol–water partition coefficient (Wildman–Crippen LogP) is 14.3. The van der Waals surface area contributed by atoms with Crippen molar-refractivity contribution >= 4 is 28.0 Å². The van der Waals surface area contributed by atoms with Gasteiger partial charge in [0, 0.05) is 61.4 Å². The Kier molecular flexibility index (Phi) is 4.91. The molecule has 1 aliphatic carbocycles. The van der Waals surface area contributed by atoms with E-state index in [2.05, 4.69) is 23.2 Å². The van der Waals surface area contributed by atoms with Gasteiger partial charge < -0.3 is 9.15 Å². The number of oxazole rings is 1. The summed E-state index contributed by atoms with van der Waals surface area (Å²) in [6, 6.07) is 41.4. The van der Waals surface area contributed by atoms with E-state index in [0.717, 1.165) is 50.7 Å². The molecule has 0 saturated heterocycles. The smallest absolute Gasteiger partial charge is 0.307 e. The van der Waals surface area contributed by atoms with E-state index < -0.39 is 38.4 Å². The van der Waals surface area contributed by atoms with Crippen LogP contribution in [0.3, 0.4) is 0 Å². The fraction of sp³-hybridized carbons (Fsp3) is 0.111. The van der Waals surface area contributed by atoms with Crippen LogP contribution in [0.1, 0.15) is 58.0 Å². The van der Waals surface area contributed by atoms with Crippen molar-refractivity contribution in [1.29, 1.82) is 0 Å². The minimum Gasteiger partial charge on any atom is -0.456 e. The van der Waals surface area contributed by atoms with Gasteiger partial charge in [-0.3, -0.25) is 9.38 Å². The standard InChI is InChI=1S/C54H39N3O2/c1-30-20-24-42-51(48(30)33-22-23-37-34-13-6-7-14-35(34)39-17-12-26-55-50(39)38-16-9-8-15-36(38)41(37)28-33)58-47-27-32(3)40(29-43(47)54(42,4)5)49-31(2)21-25-46-52(49)59-53-56-44-18-10-11-19-45(44)57(46)53/h6-29H,1-5H3/i2D3,3D3,4D3,5D3. The van der Waals surface area contributed by atoms with Crippen molar-refractivity contribution in [1.82, 2.24) is 14.4 Å². The molecule has 0 amide bonds. The summed E-state index contributed by atoms with van der Waals surface area (Å²) >= 11 is 0. The molecular weight excluding hydrogens is 723 g/mol. The minimum absolute atomic E-state index is 0.0388. The van der Waals surface area contributed by atoms with Crippen LogP contribution in [-0.4, -0.2) is 14.4 Å². The Balaban J connectivity index is 1.15. The number of aryl methyl sites for hydroxylation is 3. The second kappa shape index (κ2) is 12.1. The largest absolute Gasteiger partial charge is 0.456 e. The van der Waals surface area contributed by atoms with Gasteiger partial charge in [-0.25, -0.2) is 0 Å². The lowest BCUT2D eigenvalue weighted by molar-refractivity contribution is 0.419. The summed E-state index contributed by atoms with van der Waals surface area (Å²) in [5.74, 6) is -0.284. The summed E-state index contributed by atoms with van der Waals surface area (Å²) in [7, 11) is 0. The molecule has 7 aromatic carbocycles. The van der Waals surface area contributed by atoms with Crippen LogP contribution >= 0.6 is 0 Å². The Morgan fingerprint density at radius 2 is 1.31 bits per heavy atom. The zero-order valence-electron chi connectivity index (χ0n) is 43.5. The fourth-order valence-corrected chi connectivity index (χ4v) is 9.25. The van der Waals surface area contributed by atoms with Crippen LogP contribution in [0.2, 0.25) is 0 Å². The number of benzene rings is 7. The second-order valence-electron chi connectivity index (χ2n) is 15.3. The molecule has 5 heteroatoms. The lowest BCUT2D eigenvalue weighted by Gasteiger charge is -2.37. The van der Waals surface area contributed by atoms with E-state index in [1.807, 2.05) is 79.7 Å². The molecule has 5 nitrogen and oxygen atoms in total. The van der Waals surface area contributed by atoms with Gasteiger partial charge in [-0.2, -0.15) is 4.98 Å². The first kappa shape index (κ1) is 23.9. The van der Waals surface area contributed by atoms with Crippen LogP contribution in [0.4, 0.5) is 0 Å². The summed E-state index contributed by atoms with van der Waals surface area (Å²) in [6.07, 6.45) is 1.76. The van der Waals surface area contributed by atoms with Crippen LogP contribution in [-0.2, 0) is 5.41 Å². The first-order valence-electron chi connectivity index (χ1n) is 25.3. The maximum atomic E-state index is 9.33. The van der Waals surface area contributed by atoms with Gasteiger partial charge in [0.1, 0.15) is 11.5 Å². The Labute approximate surface area is 359 Å². The van der Waals surface area contributed by atoms with Gasteiger partial charge in [-0.1, -0.05) is 111 Å². The Morgan fingerprint density at radius 1 is 0.576 bits per heavy atom. The molecule has 12 rings (SSSR count). The molecule has 4 heterocycles. The highest BCUT2D eigenvalue weighted by atomic mass is 16.5. The van der Waals surface area contributed by atoms with E-state index in [1.165, 1.54) is 18.2 Å². The number of fused-ring (bicyclic) bond motifs is 15. The van der Waals surface area contributed by atoms with E-state index in [4.69, 9.17) is 22.4 Å². The molecule has 282 valence electrons. The number of imidazole rings is 1. The van der Waals surface area contributed by atoms with Crippen molar-refractivity contribution in [3.05, 3.63) is 174 Å². The molecule has 59 heavy (non-hydrogen) atoms. The van der Waals surface area contributed by atoms with E-state index in [1.54, 1.807) is 34.9 Å². The third-order valence-electron chi connectivity index (χ3n) is 12.0.